The number of amides is 4. The Morgan fingerprint density at radius 3 is 2.32 bits per heavy atom. The molecular formula is C18H23N3O4. The maximum Gasteiger partial charge on any atom is 0.257 e. The van der Waals surface area contributed by atoms with E-state index >= 15 is 0 Å². The maximum atomic E-state index is 12.8. The molecule has 2 rings (SSSR count). The van der Waals surface area contributed by atoms with Crippen LogP contribution in [0.3, 0.4) is 0 Å². The molecule has 1 heterocycles. The lowest BCUT2D eigenvalue weighted by Crippen LogP contribution is -2.48. The number of nitrogens with zero attached hydrogens (tertiary/aromatic N) is 2. The fourth-order valence-electron chi connectivity index (χ4n) is 3.04. The first-order valence-electron chi connectivity index (χ1n) is 8.29. The highest BCUT2D eigenvalue weighted by Gasteiger charge is 2.44. The van der Waals surface area contributed by atoms with Gasteiger partial charge >= 0.3 is 0 Å². The Morgan fingerprint density at radius 1 is 1.24 bits per heavy atom. The maximum absolute atomic E-state index is 12.8. The normalized spacial score (nSPS) is 18.2. The van der Waals surface area contributed by atoms with Crippen LogP contribution in [0.15, 0.2) is 24.3 Å². The van der Waals surface area contributed by atoms with Gasteiger partial charge in [0.2, 0.25) is 17.7 Å². The van der Waals surface area contributed by atoms with Crippen LogP contribution < -0.4 is 10.2 Å². The van der Waals surface area contributed by atoms with E-state index in [1.807, 2.05) is 13.8 Å². The van der Waals surface area contributed by atoms with Gasteiger partial charge in [0.05, 0.1) is 12.1 Å². The Labute approximate surface area is 147 Å². The highest BCUT2D eigenvalue weighted by Crippen LogP contribution is 2.28. The average molecular weight is 345 g/mol. The fraction of sp³-hybridized carbons (Fsp3) is 0.444. The van der Waals surface area contributed by atoms with Gasteiger partial charge in [-0.3, -0.25) is 19.2 Å². The Morgan fingerprint density at radius 2 is 1.84 bits per heavy atom. The van der Waals surface area contributed by atoms with Crippen LogP contribution in [0.5, 0.6) is 0 Å². The number of carbonyl (C=O) groups excluding carboxylic acids is 4. The highest BCUT2D eigenvalue weighted by atomic mass is 16.2. The van der Waals surface area contributed by atoms with Crippen molar-refractivity contribution >= 4 is 35.0 Å². The third kappa shape index (κ3) is 3.87. The summed E-state index contributed by atoms with van der Waals surface area (Å²) in [5.41, 5.74) is 1.01. The van der Waals surface area contributed by atoms with Crippen molar-refractivity contribution in [2.45, 2.75) is 52.6 Å². The lowest BCUT2D eigenvalue weighted by Gasteiger charge is -2.31. The molecule has 0 radical (unpaired) electrons. The molecule has 2 unspecified atom stereocenters. The quantitative estimate of drug-likeness (QED) is 0.826. The van der Waals surface area contributed by atoms with Crippen molar-refractivity contribution in [3.8, 4) is 0 Å². The van der Waals surface area contributed by atoms with Crippen LogP contribution in [0, 0.1) is 0 Å². The van der Waals surface area contributed by atoms with Gasteiger partial charge in [-0.2, -0.15) is 0 Å². The van der Waals surface area contributed by atoms with Crippen LogP contribution in [-0.4, -0.2) is 40.6 Å². The number of anilines is 2. The Balaban J connectivity index is 2.26. The summed E-state index contributed by atoms with van der Waals surface area (Å²) in [4.78, 5) is 50.8. The molecule has 134 valence electrons. The van der Waals surface area contributed by atoms with Crippen LogP contribution in [0.25, 0.3) is 0 Å². The van der Waals surface area contributed by atoms with E-state index in [2.05, 4.69) is 5.32 Å². The lowest BCUT2D eigenvalue weighted by atomic mass is 10.1. The second kappa shape index (κ2) is 7.46. The molecule has 0 bridgehead atoms. The number of nitrogens with one attached hydrogen (secondary N) is 1. The second-order valence-corrected chi connectivity index (χ2v) is 6.20. The van der Waals surface area contributed by atoms with Crippen LogP contribution in [0.1, 0.15) is 40.5 Å². The van der Waals surface area contributed by atoms with Gasteiger partial charge in [0.25, 0.3) is 5.91 Å². The standard InChI is InChI=1S/C18H23N3O4/c1-5-11(2)20(13(4)23)16-10-17(24)21(18(16)25)15-8-6-14(7-9-15)19-12(3)22/h6-9,11,16H,5,10H2,1-4H3,(H,19,22). The van der Waals surface area contributed by atoms with Gasteiger partial charge in [-0.05, 0) is 37.6 Å². The minimum absolute atomic E-state index is 0.0177. The van der Waals surface area contributed by atoms with Gasteiger partial charge in [0, 0.05) is 25.6 Å². The van der Waals surface area contributed by atoms with Crippen LogP contribution in [0.4, 0.5) is 11.4 Å². The van der Waals surface area contributed by atoms with Crippen molar-refractivity contribution in [3.63, 3.8) is 0 Å². The zero-order chi connectivity index (χ0) is 18.7. The molecule has 2 atom stereocenters. The smallest absolute Gasteiger partial charge is 0.257 e. The summed E-state index contributed by atoms with van der Waals surface area (Å²) in [6, 6.07) is 5.57. The van der Waals surface area contributed by atoms with Crippen LogP contribution in [0.2, 0.25) is 0 Å². The summed E-state index contributed by atoms with van der Waals surface area (Å²) in [6.07, 6.45) is 0.680. The van der Waals surface area contributed by atoms with E-state index in [4.69, 9.17) is 0 Å². The summed E-state index contributed by atoms with van der Waals surface area (Å²) in [5.74, 6) is -1.15. The zero-order valence-electron chi connectivity index (χ0n) is 14.9. The van der Waals surface area contributed by atoms with Crippen molar-refractivity contribution in [1.29, 1.82) is 0 Å². The second-order valence-electron chi connectivity index (χ2n) is 6.20. The largest absolute Gasteiger partial charge is 0.328 e. The van der Waals surface area contributed by atoms with E-state index in [0.717, 1.165) is 4.90 Å². The zero-order valence-corrected chi connectivity index (χ0v) is 14.9. The molecule has 0 saturated carbocycles. The molecule has 0 aliphatic carbocycles. The van der Waals surface area contributed by atoms with E-state index in [1.165, 1.54) is 18.7 Å². The van der Waals surface area contributed by atoms with Crippen molar-refractivity contribution < 1.29 is 19.2 Å². The number of hydrogen-bond acceptors (Lipinski definition) is 4. The highest BCUT2D eigenvalue weighted by molar-refractivity contribution is 6.23. The Kier molecular flexibility index (Phi) is 5.56. The lowest BCUT2D eigenvalue weighted by molar-refractivity contribution is -0.138. The number of carbonyl (C=O) groups is 4. The van der Waals surface area contributed by atoms with Crippen molar-refractivity contribution in [2.75, 3.05) is 10.2 Å². The molecule has 1 saturated heterocycles. The first kappa shape index (κ1) is 18.6. The SMILES string of the molecule is CCC(C)N(C(C)=O)C1CC(=O)N(c2ccc(NC(C)=O)cc2)C1=O. The van der Waals surface area contributed by atoms with Crippen molar-refractivity contribution in [1.82, 2.24) is 4.90 Å². The summed E-state index contributed by atoms with van der Waals surface area (Å²) < 4.78 is 0. The van der Waals surface area contributed by atoms with Gasteiger partial charge < -0.3 is 10.2 Å². The molecule has 1 aliphatic rings. The minimum Gasteiger partial charge on any atom is -0.328 e. The van der Waals surface area contributed by atoms with E-state index in [9.17, 15) is 19.2 Å². The molecule has 0 aromatic heterocycles. The number of imide groups is 1. The van der Waals surface area contributed by atoms with Gasteiger partial charge in [0.1, 0.15) is 6.04 Å². The fourth-order valence-corrected chi connectivity index (χ4v) is 3.04. The van der Waals surface area contributed by atoms with E-state index in [0.29, 0.717) is 17.8 Å². The van der Waals surface area contributed by atoms with Crippen LogP contribution in [-0.2, 0) is 19.2 Å². The number of rotatable bonds is 5. The third-order valence-electron chi connectivity index (χ3n) is 4.33. The molecule has 4 amide bonds. The average Bonchev–Trinajstić information content (AvgIpc) is 2.82. The molecule has 1 aromatic carbocycles. The summed E-state index contributed by atoms with van der Waals surface area (Å²) in [6.45, 7) is 6.61. The predicted molar refractivity (Wildman–Crippen MR) is 93.9 cm³/mol. The van der Waals surface area contributed by atoms with Gasteiger partial charge in [-0.15, -0.1) is 0 Å². The van der Waals surface area contributed by atoms with Gasteiger partial charge in [-0.25, -0.2) is 4.90 Å². The molecule has 25 heavy (non-hydrogen) atoms. The van der Waals surface area contributed by atoms with E-state index < -0.39 is 11.9 Å². The van der Waals surface area contributed by atoms with E-state index in [-0.39, 0.29) is 30.2 Å². The van der Waals surface area contributed by atoms with Crippen molar-refractivity contribution in [3.05, 3.63) is 24.3 Å². The number of benzene rings is 1. The molecule has 1 aromatic rings. The van der Waals surface area contributed by atoms with Gasteiger partial charge in [-0.1, -0.05) is 6.92 Å². The molecule has 1 aliphatic heterocycles. The topological polar surface area (TPSA) is 86.8 Å². The Bertz CT molecular complexity index is 699. The Hall–Kier alpha value is -2.70. The monoisotopic (exact) mass is 345 g/mol. The summed E-state index contributed by atoms with van der Waals surface area (Å²) in [7, 11) is 0. The van der Waals surface area contributed by atoms with E-state index in [1.54, 1.807) is 24.3 Å². The number of hydrogen-bond donors (Lipinski definition) is 1. The molecule has 7 nitrogen and oxygen atoms in total. The molecular weight excluding hydrogens is 322 g/mol. The van der Waals surface area contributed by atoms with Crippen LogP contribution >= 0.6 is 0 Å². The summed E-state index contributed by atoms with van der Waals surface area (Å²) in [5, 5.41) is 2.63. The molecule has 1 N–H and O–H groups in total. The molecule has 1 fully saturated rings. The molecule has 0 spiro atoms. The first-order chi connectivity index (χ1) is 11.8. The summed E-state index contributed by atoms with van der Waals surface area (Å²) >= 11 is 0. The molecule has 7 heteroatoms. The third-order valence-corrected chi connectivity index (χ3v) is 4.33. The van der Waals surface area contributed by atoms with Gasteiger partial charge in [0.15, 0.2) is 0 Å². The first-order valence-corrected chi connectivity index (χ1v) is 8.29. The van der Waals surface area contributed by atoms with Crippen molar-refractivity contribution in [2.24, 2.45) is 0 Å². The predicted octanol–water partition coefficient (Wildman–Crippen LogP) is 1.92. The minimum atomic E-state index is -0.769.